The summed E-state index contributed by atoms with van der Waals surface area (Å²) < 4.78 is 0.792. The first-order chi connectivity index (χ1) is 6.58. The van der Waals surface area contributed by atoms with Crippen LogP contribution in [-0.2, 0) is 0 Å². The second-order valence-electron chi connectivity index (χ2n) is 3.04. The normalized spacial score (nSPS) is 10.9. The number of hydrogen-bond acceptors (Lipinski definition) is 1. The molecule has 0 fully saturated rings. The Bertz CT molecular complexity index is 468. The summed E-state index contributed by atoms with van der Waals surface area (Å²) in [5, 5.41) is 2.21. The van der Waals surface area contributed by atoms with Crippen molar-refractivity contribution in [1.29, 1.82) is 0 Å². The molecule has 1 nitrogen and oxygen atoms in total. The molecule has 0 spiro atoms. The minimum absolute atomic E-state index is 0.604. The molecule has 0 aliphatic heterocycles. The molecule has 1 aromatic carbocycles. The molecule has 2 aromatic rings. The first-order valence-electron chi connectivity index (χ1n) is 4.00. The molecule has 2 rings (SSSR count). The molecule has 0 unspecified atom stereocenters. The fraction of sp³-hybridized carbons (Fsp3) is 0.100. The maximum atomic E-state index is 6.08. The third-order valence-electron chi connectivity index (χ3n) is 1.99. The van der Waals surface area contributed by atoms with Crippen molar-refractivity contribution in [2.75, 3.05) is 0 Å². The van der Waals surface area contributed by atoms with E-state index >= 15 is 0 Å². The number of hydrogen-bond donors (Lipinski definition) is 0. The highest BCUT2D eigenvalue weighted by molar-refractivity contribution is 9.10. The summed E-state index contributed by atoms with van der Waals surface area (Å²) in [5.41, 5.74) is 1.90. The average molecular weight is 291 g/mol. The summed E-state index contributed by atoms with van der Waals surface area (Å²) in [6.07, 6.45) is 0. The lowest BCUT2D eigenvalue weighted by atomic mass is 10.1. The van der Waals surface area contributed by atoms with Crippen molar-refractivity contribution in [2.45, 2.75) is 6.92 Å². The second kappa shape index (κ2) is 3.69. The zero-order valence-corrected chi connectivity index (χ0v) is 10.4. The Balaban J connectivity index is 2.94. The van der Waals surface area contributed by atoms with Crippen LogP contribution in [0, 0.1) is 6.92 Å². The summed E-state index contributed by atoms with van der Waals surface area (Å²) in [7, 11) is 0. The largest absolute Gasteiger partial charge is 0.241 e. The van der Waals surface area contributed by atoms with Crippen LogP contribution < -0.4 is 0 Å². The number of fused-ring (bicyclic) bond motifs is 1. The number of rotatable bonds is 0. The molecule has 0 bridgehead atoms. The third-order valence-corrected chi connectivity index (χ3v) is 2.91. The van der Waals surface area contributed by atoms with Gasteiger partial charge in [0.25, 0.3) is 0 Å². The van der Waals surface area contributed by atoms with Gasteiger partial charge < -0.3 is 0 Å². The van der Waals surface area contributed by atoms with Crippen molar-refractivity contribution in [3.05, 3.63) is 38.4 Å². The molecule has 0 saturated carbocycles. The van der Waals surface area contributed by atoms with E-state index in [9.17, 15) is 0 Å². The van der Waals surface area contributed by atoms with E-state index in [-0.39, 0.29) is 0 Å². The maximum Gasteiger partial charge on any atom is 0.107 e. The van der Waals surface area contributed by atoms with Gasteiger partial charge in [0.2, 0.25) is 0 Å². The van der Waals surface area contributed by atoms with Gasteiger partial charge in [-0.3, -0.25) is 0 Å². The summed E-state index contributed by atoms with van der Waals surface area (Å²) >= 11 is 15.3. The number of nitrogens with zero attached hydrogens (tertiary/aromatic N) is 1. The fourth-order valence-electron chi connectivity index (χ4n) is 1.44. The SMILES string of the molecule is Cc1cc(Br)nc2cc(Cl)cc(Cl)c12. The zero-order chi connectivity index (χ0) is 10.3. The number of aryl methyl sites for hydroxylation is 1. The number of aromatic nitrogens is 1. The van der Waals surface area contributed by atoms with E-state index in [2.05, 4.69) is 20.9 Å². The molecule has 72 valence electrons. The molecule has 0 aliphatic rings. The Morgan fingerprint density at radius 3 is 2.64 bits per heavy atom. The van der Waals surface area contributed by atoms with Crippen molar-refractivity contribution in [3.8, 4) is 0 Å². The highest BCUT2D eigenvalue weighted by Crippen LogP contribution is 2.30. The van der Waals surface area contributed by atoms with Crippen LogP contribution in [0.5, 0.6) is 0 Å². The van der Waals surface area contributed by atoms with Gasteiger partial charge in [0, 0.05) is 10.4 Å². The van der Waals surface area contributed by atoms with E-state index in [0.717, 1.165) is 21.1 Å². The molecular formula is C10H6BrCl2N. The van der Waals surface area contributed by atoms with Gasteiger partial charge in [-0.15, -0.1) is 0 Å². The van der Waals surface area contributed by atoms with Crippen molar-refractivity contribution in [2.24, 2.45) is 0 Å². The Hall–Kier alpha value is -0.310. The fourth-order valence-corrected chi connectivity index (χ4v) is 2.60. The van der Waals surface area contributed by atoms with Crippen LogP contribution in [0.15, 0.2) is 22.8 Å². The van der Waals surface area contributed by atoms with Crippen LogP contribution in [0.25, 0.3) is 10.9 Å². The molecule has 1 heterocycles. The topological polar surface area (TPSA) is 12.9 Å². The van der Waals surface area contributed by atoms with Crippen LogP contribution in [0.4, 0.5) is 0 Å². The van der Waals surface area contributed by atoms with E-state index in [1.165, 1.54) is 0 Å². The number of pyridine rings is 1. The number of halogens is 3. The van der Waals surface area contributed by atoms with Crippen molar-refractivity contribution >= 4 is 50.0 Å². The smallest absolute Gasteiger partial charge is 0.107 e. The summed E-state index contributed by atoms with van der Waals surface area (Å²) in [5.74, 6) is 0. The Kier molecular flexibility index (Phi) is 2.69. The lowest BCUT2D eigenvalue weighted by molar-refractivity contribution is 1.32. The number of benzene rings is 1. The first-order valence-corrected chi connectivity index (χ1v) is 5.55. The van der Waals surface area contributed by atoms with Gasteiger partial charge in [-0.2, -0.15) is 0 Å². The minimum atomic E-state index is 0.604. The molecular weight excluding hydrogens is 285 g/mol. The average Bonchev–Trinajstić information content (AvgIpc) is 1.99. The van der Waals surface area contributed by atoms with Crippen LogP contribution in [-0.4, -0.2) is 4.98 Å². The lowest BCUT2D eigenvalue weighted by Crippen LogP contribution is -1.85. The van der Waals surface area contributed by atoms with Gasteiger partial charge in [0.1, 0.15) is 4.60 Å². The van der Waals surface area contributed by atoms with E-state index in [4.69, 9.17) is 23.2 Å². The highest BCUT2D eigenvalue weighted by atomic mass is 79.9. The molecule has 0 saturated heterocycles. The predicted octanol–water partition coefficient (Wildman–Crippen LogP) is 4.61. The lowest BCUT2D eigenvalue weighted by Gasteiger charge is -2.05. The highest BCUT2D eigenvalue weighted by Gasteiger charge is 2.06. The van der Waals surface area contributed by atoms with Crippen LogP contribution in [0.3, 0.4) is 0 Å². The van der Waals surface area contributed by atoms with Crippen LogP contribution in [0.1, 0.15) is 5.56 Å². The quantitative estimate of drug-likeness (QED) is 0.646. The van der Waals surface area contributed by atoms with Crippen molar-refractivity contribution in [3.63, 3.8) is 0 Å². The van der Waals surface area contributed by atoms with Crippen molar-refractivity contribution < 1.29 is 0 Å². The van der Waals surface area contributed by atoms with Gasteiger partial charge >= 0.3 is 0 Å². The molecule has 14 heavy (non-hydrogen) atoms. The monoisotopic (exact) mass is 289 g/mol. The second-order valence-corrected chi connectivity index (χ2v) is 4.70. The molecule has 4 heteroatoms. The van der Waals surface area contributed by atoms with Gasteiger partial charge in [0.05, 0.1) is 10.5 Å². The van der Waals surface area contributed by atoms with E-state index in [0.29, 0.717) is 10.0 Å². The van der Waals surface area contributed by atoms with Gasteiger partial charge in [-0.1, -0.05) is 23.2 Å². The van der Waals surface area contributed by atoms with E-state index in [1.807, 2.05) is 13.0 Å². The maximum absolute atomic E-state index is 6.08. The summed E-state index contributed by atoms with van der Waals surface area (Å²) in [6, 6.07) is 5.47. The van der Waals surface area contributed by atoms with E-state index in [1.54, 1.807) is 12.1 Å². The molecule has 0 amide bonds. The van der Waals surface area contributed by atoms with Crippen LogP contribution >= 0.6 is 39.1 Å². The zero-order valence-electron chi connectivity index (χ0n) is 7.31. The third kappa shape index (κ3) is 1.74. The Labute approximate surface area is 100 Å². The van der Waals surface area contributed by atoms with E-state index < -0.39 is 0 Å². The Morgan fingerprint density at radius 2 is 1.93 bits per heavy atom. The molecule has 0 N–H and O–H groups in total. The van der Waals surface area contributed by atoms with Crippen molar-refractivity contribution in [1.82, 2.24) is 4.98 Å². The summed E-state index contributed by atoms with van der Waals surface area (Å²) in [6.45, 7) is 1.99. The Morgan fingerprint density at radius 1 is 1.21 bits per heavy atom. The molecule has 0 radical (unpaired) electrons. The van der Waals surface area contributed by atoms with Gasteiger partial charge in [0.15, 0.2) is 0 Å². The molecule has 0 aliphatic carbocycles. The van der Waals surface area contributed by atoms with Crippen LogP contribution in [0.2, 0.25) is 10.0 Å². The summed E-state index contributed by atoms with van der Waals surface area (Å²) in [4.78, 5) is 4.31. The molecule has 0 atom stereocenters. The van der Waals surface area contributed by atoms with Gasteiger partial charge in [-0.05, 0) is 46.6 Å². The van der Waals surface area contributed by atoms with Gasteiger partial charge in [-0.25, -0.2) is 4.98 Å². The molecule has 1 aromatic heterocycles. The predicted molar refractivity (Wildman–Crippen MR) is 64.2 cm³/mol. The minimum Gasteiger partial charge on any atom is -0.241 e. The standard InChI is InChI=1S/C10H6BrCl2N/c1-5-2-9(11)14-8-4-6(12)3-7(13)10(5)8/h2-4H,1H3. The first kappa shape index (κ1) is 10.2.